The molecule has 3 aliphatic rings. The normalized spacial score (nSPS) is 30.5. The number of ether oxygens (including phenoxy) is 7. The van der Waals surface area contributed by atoms with Crippen LogP contribution in [0.25, 0.3) is 12.2 Å². The summed E-state index contributed by atoms with van der Waals surface area (Å²) in [7, 11) is 1.37. The minimum atomic E-state index is -1.85. The Kier molecular flexibility index (Phi) is 12.0. The van der Waals surface area contributed by atoms with Gasteiger partial charge in [-0.05, 0) is 48.0 Å². The van der Waals surface area contributed by atoms with Crippen molar-refractivity contribution in [2.75, 3.05) is 20.3 Å². The molecule has 6 rings (SSSR count). The number of esters is 1. The molecule has 0 spiro atoms. The summed E-state index contributed by atoms with van der Waals surface area (Å²) in [6.07, 6.45) is -13.8. The smallest absolute Gasteiger partial charge is 0.330 e. The molecule has 2 fully saturated rings. The molecule has 18 nitrogen and oxygen atoms in total. The molecule has 0 radical (unpaired) electrons. The van der Waals surface area contributed by atoms with Crippen LogP contribution >= 0.6 is 0 Å². The van der Waals surface area contributed by atoms with Crippen molar-refractivity contribution in [1.82, 2.24) is 0 Å². The van der Waals surface area contributed by atoms with Gasteiger partial charge in [0.2, 0.25) is 12.6 Å². The van der Waals surface area contributed by atoms with Gasteiger partial charge in [0.1, 0.15) is 78.3 Å². The number of phenols is 3. The van der Waals surface area contributed by atoms with Gasteiger partial charge in [-0.25, -0.2) is 4.79 Å². The minimum absolute atomic E-state index is 0.0434. The van der Waals surface area contributed by atoms with E-state index in [0.717, 1.165) is 12.1 Å². The summed E-state index contributed by atoms with van der Waals surface area (Å²) in [4.78, 5) is 12.6. The lowest BCUT2D eigenvalue weighted by atomic mass is 9.98. The van der Waals surface area contributed by atoms with Crippen LogP contribution in [0.5, 0.6) is 34.5 Å². The van der Waals surface area contributed by atoms with Crippen LogP contribution in [-0.4, -0.2) is 144 Å². The first-order valence-electron chi connectivity index (χ1n) is 16.9. The highest BCUT2D eigenvalue weighted by atomic mass is 16.7. The highest BCUT2D eigenvalue weighted by Gasteiger charge is 2.48. The van der Waals surface area contributed by atoms with Gasteiger partial charge in [0.05, 0.1) is 25.3 Å². The van der Waals surface area contributed by atoms with Crippen LogP contribution in [-0.2, 0) is 23.7 Å². The molecule has 0 aliphatic carbocycles. The van der Waals surface area contributed by atoms with Gasteiger partial charge in [-0.2, -0.15) is 0 Å². The van der Waals surface area contributed by atoms with Crippen molar-refractivity contribution < 1.29 is 89.0 Å². The maximum Gasteiger partial charge on any atom is 0.330 e. The number of benzene rings is 3. The fourth-order valence-corrected chi connectivity index (χ4v) is 6.12. The third-order valence-corrected chi connectivity index (χ3v) is 9.16. The summed E-state index contributed by atoms with van der Waals surface area (Å²) in [5.74, 6) is -1.22. The van der Waals surface area contributed by atoms with Gasteiger partial charge in [-0.3, -0.25) is 0 Å². The van der Waals surface area contributed by atoms with E-state index in [4.69, 9.17) is 28.4 Å². The Bertz CT molecular complexity index is 1880. The number of hydrogen-bond acceptors (Lipinski definition) is 17. The lowest BCUT2D eigenvalue weighted by Gasteiger charge is -2.41. The van der Waals surface area contributed by atoms with Gasteiger partial charge in [0.25, 0.3) is 11.9 Å². The molecule has 0 bridgehead atoms. The van der Waals surface area contributed by atoms with E-state index in [9.17, 15) is 55.9 Å². The van der Waals surface area contributed by atoms with Gasteiger partial charge in [0.15, 0.2) is 17.3 Å². The lowest BCUT2D eigenvalue weighted by molar-refractivity contribution is -0.296. The van der Waals surface area contributed by atoms with E-state index in [0.29, 0.717) is 11.1 Å². The number of phenolic OH excluding ortho intramolecular Hbond substituents is 3. The van der Waals surface area contributed by atoms with Gasteiger partial charge < -0.3 is 84.2 Å². The maximum atomic E-state index is 12.6. The van der Waals surface area contributed by atoms with E-state index >= 15 is 0 Å². The number of rotatable bonds is 11. The van der Waals surface area contributed by atoms with Crippen LogP contribution in [0.1, 0.15) is 22.8 Å². The highest BCUT2D eigenvalue weighted by Crippen LogP contribution is 2.46. The standard InChI is InChI=1S/C37H40O18/c1-49-24-10-16(2-8-21(24)41)3-9-28(42)50-15-27-30(44)32(46)34(48)37(55-27)53-25-13-20-22(51-35(25)17-4-6-18(39)7-5-17)11-19(40)12-23(20)52-36-33(47)31(45)29(43)26(14-38)54-36/h2-13,26-27,29-41,43-48H,14-15H2,1H3/p+1/b9-3+/t26-,27-,29-,30-,31+,32+,33+,34+,35?,36-,37-/m1/s1. The molecule has 1 unspecified atom stereocenters. The number of aliphatic hydroxyl groups is 8. The van der Waals surface area contributed by atoms with Crippen LogP contribution < -0.4 is 9.47 Å². The van der Waals surface area contributed by atoms with Gasteiger partial charge in [-0.15, -0.1) is 0 Å². The van der Waals surface area contributed by atoms with Crippen molar-refractivity contribution >= 4 is 18.1 Å². The molecule has 18 heteroatoms. The third-order valence-electron chi connectivity index (χ3n) is 9.16. The van der Waals surface area contributed by atoms with Crippen molar-refractivity contribution in [3.05, 3.63) is 83.1 Å². The quantitative estimate of drug-likeness (QED) is 0.0662. The molecule has 0 saturated carbocycles. The van der Waals surface area contributed by atoms with Gasteiger partial charge in [-0.1, -0.05) is 6.07 Å². The van der Waals surface area contributed by atoms with Crippen molar-refractivity contribution in [2.24, 2.45) is 0 Å². The zero-order valence-electron chi connectivity index (χ0n) is 29.0. The summed E-state index contributed by atoms with van der Waals surface area (Å²) >= 11 is 0. The number of carbonyl (C=O) groups is 1. The number of carbonyl (C=O) groups excluding carboxylic acids is 1. The fraction of sp³-hybridized carbons (Fsp3) is 0.378. The number of methoxy groups -OCH3 is 1. The Labute approximate surface area is 312 Å². The van der Waals surface area contributed by atoms with E-state index in [2.05, 4.69) is 4.74 Å². The van der Waals surface area contributed by atoms with Crippen LogP contribution in [0.15, 0.2) is 66.4 Å². The molecule has 55 heavy (non-hydrogen) atoms. The molecule has 2 saturated heterocycles. The first-order chi connectivity index (χ1) is 26.3. The molecule has 0 amide bonds. The zero-order valence-corrected chi connectivity index (χ0v) is 29.0. The average molecular weight is 774 g/mol. The summed E-state index contributed by atoms with van der Waals surface area (Å²) < 4.78 is 38.2. The number of fused-ring (bicyclic) bond motifs is 1. The Morgan fingerprint density at radius 3 is 2.09 bits per heavy atom. The summed E-state index contributed by atoms with van der Waals surface area (Å²) in [5.41, 5.74) is 1.08. The predicted molar refractivity (Wildman–Crippen MR) is 185 cm³/mol. The average Bonchev–Trinajstić information content (AvgIpc) is 3.17. The molecule has 3 aliphatic heterocycles. The van der Waals surface area contributed by atoms with Crippen molar-refractivity contribution in [2.45, 2.75) is 67.5 Å². The summed E-state index contributed by atoms with van der Waals surface area (Å²) in [6.45, 7) is -1.31. The number of aromatic hydroxyl groups is 4. The number of hydrogen-bond donors (Lipinski definition) is 10. The van der Waals surface area contributed by atoms with Crippen molar-refractivity contribution in [1.29, 1.82) is 0 Å². The Balaban J connectivity index is 1.25. The summed E-state index contributed by atoms with van der Waals surface area (Å²) in [5, 5.41) is 103. The molecule has 3 aromatic rings. The van der Waals surface area contributed by atoms with Crippen molar-refractivity contribution in [3.63, 3.8) is 0 Å². The van der Waals surface area contributed by atoms with Gasteiger partial charge >= 0.3 is 5.97 Å². The second-order valence-corrected chi connectivity index (χ2v) is 12.9. The third kappa shape index (κ3) is 8.57. The highest BCUT2D eigenvalue weighted by molar-refractivity contribution is 5.87. The van der Waals surface area contributed by atoms with Crippen LogP contribution in [0.3, 0.4) is 0 Å². The SMILES string of the molecule is COc1cc(/C=C/C(=O)OC[C@H]2O[C@@H](OC3=Cc4c(O[C@@H]5O[C@H](CO)[C@@H](O)[C@H](O)[C@@H]5O)cc(O)cc4[OH+]C3c3ccc(O)cc3)[C@@H](O)[C@@H](O)[C@@H]2O)ccc1O. The molecule has 11 atom stereocenters. The maximum absolute atomic E-state index is 12.6. The Morgan fingerprint density at radius 1 is 0.764 bits per heavy atom. The first-order valence-corrected chi connectivity index (χ1v) is 16.9. The second kappa shape index (κ2) is 16.7. The number of aliphatic hydroxyl groups excluding tert-OH is 7. The topological polar surface area (TPSA) is 288 Å². The predicted octanol–water partition coefficient (Wildman–Crippen LogP) is -0.591. The molecule has 3 heterocycles. The molecular weight excluding hydrogens is 732 g/mol. The molecule has 3 aromatic carbocycles. The Hall–Kier alpha value is -5.15. The Morgan fingerprint density at radius 2 is 1.42 bits per heavy atom. The second-order valence-electron chi connectivity index (χ2n) is 12.9. The first kappa shape index (κ1) is 39.5. The molecule has 11 N–H and O–H groups in total. The monoisotopic (exact) mass is 773 g/mol. The summed E-state index contributed by atoms with van der Waals surface area (Å²) in [6, 6.07) is 12.7. The fourth-order valence-electron chi connectivity index (χ4n) is 6.12. The largest absolute Gasteiger partial charge is 0.571 e. The molecule has 0 aromatic heterocycles. The van der Waals surface area contributed by atoms with E-state index in [-0.39, 0.29) is 45.8 Å². The van der Waals surface area contributed by atoms with E-state index < -0.39 is 86.7 Å². The lowest BCUT2D eigenvalue weighted by Crippen LogP contribution is -2.60. The van der Waals surface area contributed by atoms with Gasteiger partial charge in [0, 0.05) is 18.2 Å². The van der Waals surface area contributed by atoms with Crippen LogP contribution in [0.4, 0.5) is 0 Å². The molecule has 296 valence electrons. The zero-order chi connectivity index (χ0) is 39.6. The minimum Gasteiger partial charge on any atom is -0.571 e. The van der Waals surface area contributed by atoms with Crippen LogP contribution in [0, 0.1) is 0 Å². The van der Waals surface area contributed by atoms with E-state index in [1.54, 1.807) is 0 Å². The van der Waals surface area contributed by atoms with Crippen molar-refractivity contribution in [3.8, 4) is 34.5 Å². The van der Waals surface area contributed by atoms with E-state index in [1.165, 1.54) is 67.8 Å². The molecular formula is C37H41O18+. The van der Waals surface area contributed by atoms with Crippen LogP contribution in [0.2, 0.25) is 0 Å². The van der Waals surface area contributed by atoms with E-state index in [1.807, 2.05) is 0 Å².